The van der Waals surface area contributed by atoms with Gasteiger partial charge in [-0.1, -0.05) is 22.6 Å². The molecule has 1 aliphatic carbocycles. The molecule has 0 amide bonds. The summed E-state index contributed by atoms with van der Waals surface area (Å²) in [6.07, 6.45) is 2.26. The van der Waals surface area contributed by atoms with Gasteiger partial charge in [0.05, 0.1) is 11.5 Å². The Balaban J connectivity index is 2.47. The summed E-state index contributed by atoms with van der Waals surface area (Å²) in [7, 11) is 0. The molecule has 0 spiro atoms. The first kappa shape index (κ1) is 5.36. The van der Waals surface area contributed by atoms with E-state index in [1.165, 1.54) is 0 Å². The van der Waals surface area contributed by atoms with Crippen LogP contribution in [0.5, 0.6) is 0 Å². The summed E-state index contributed by atoms with van der Waals surface area (Å²) in [5.41, 5.74) is 0.126. The van der Waals surface area contributed by atoms with Gasteiger partial charge in [-0.25, -0.2) is 0 Å². The predicted molar refractivity (Wildman–Crippen MR) is 36.2 cm³/mol. The fraction of sp³-hybridized carbons (Fsp3) is 0.800. The molecule has 1 fully saturated rings. The molecule has 0 aromatic carbocycles. The maximum Gasteiger partial charge on any atom is 0.0697 e. The molecule has 0 radical (unpaired) electrons. The lowest BCUT2D eigenvalue weighted by Crippen LogP contribution is -1.94. The van der Waals surface area contributed by atoms with Crippen molar-refractivity contribution in [3.05, 3.63) is 0 Å². The van der Waals surface area contributed by atoms with Crippen LogP contribution in [0.1, 0.15) is 12.8 Å². The average Bonchev–Trinajstić information content (AvgIpc) is 2.46. The topological polar surface area (TPSA) is 23.8 Å². The summed E-state index contributed by atoms with van der Waals surface area (Å²) in [5.74, 6) is 0. The Hall–Kier alpha value is 0.220. The van der Waals surface area contributed by atoms with Gasteiger partial charge in [0.15, 0.2) is 0 Å². The molecule has 1 nitrogen and oxygen atoms in total. The lowest BCUT2D eigenvalue weighted by Gasteiger charge is -1.91. The first-order valence-corrected chi connectivity index (χ1v) is 3.83. The zero-order valence-electron chi connectivity index (χ0n) is 3.95. The Morgan fingerprint density at radius 2 is 2.29 bits per heavy atom. The Morgan fingerprint density at radius 3 is 2.29 bits per heavy atom. The van der Waals surface area contributed by atoms with Gasteiger partial charge >= 0.3 is 0 Å². The molecule has 0 bridgehead atoms. The molecule has 2 heteroatoms. The van der Waals surface area contributed by atoms with Crippen molar-refractivity contribution in [2.45, 2.75) is 12.8 Å². The van der Waals surface area contributed by atoms with Gasteiger partial charge in [0.2, 0.25) is 0 Å². The zero-order valence-corrected chi connectivity index (χ0v) is 6.10. The number of rotatable bonds is 1. The Labute approximate surface area is 56.8 Å². The van der Waals surface area contributed by atoms with Crippen molar-refractivity contribution in [3.8, 4) is 6.07 Å². The summed E-state index contributed by atoms with van der Waals surface area (Å²) in [5, 5.41) is 8.40. The van der Waals surface area contributed by atoms with Crippen LogP contribution >= 0.6 is 22.6 Å². The molecule has 0 heterocycles. The van der Waals surface area contributed by atoms with E-state index in [-0.39, 0.29) is 5.41 Å². The molecular formula is C5H6IN. The standard InChI is InChI=1S/C5H6IN/c6-3-5(4-7)1-2-5/h1-3H2. The second-order valence-corrected chi connectivity index (χ2v) is 2.79. The Morgan fingerprint density at radius 1 is 1.71 bits per heavy atom. The number of halogens is 1. The third-order valence-corrected chi connectivity index (χ3v) is 2.81. The van der Waals surface area contributed by atoms with E-state index >= 15 is 0 Å². The van der Waals surface area contributed by atoms with Crippen molar-refractivity contribution in [1.82, 2.24) is 0 Å². The van der Waals surface area contributed by atoms with Crippen LogP contribution in [0.3, 0.4) is 0 Å². The number of alkyl halides is 1. The third kappa shape index (κ3) is 0.880. The maximum absolute atomic E-state index is 8.40. The fourth-order valence-corrected chi connectivity index (χ4v) is 1.36. The molecule has 0 aromatic heterocycles. The van der Waals surface area contributed by atoms with Crippen molar-refractivity contribution >= 4 is 22.6 Å². The highest BCUT2D eigenvalue weighted by atomic mass is 127. The van der Waals surface area contributed by atoms with Crippen LogP contribution in [0.25, 0.3) is 0 Å². The molecule has 0 saturated heterocycles. The minimum Gasteiger partial charge on any atom is -0.198 e. The van der Waals surface area contributed by atoms with Crippen LogP contribution in [-0.2, 0) is 0 Å². The highest BCUT2D eigenvalue weighted by molar-refractivity contribution is 14.1. The summed E-state index contributed by atoms with van der Waals surface area (Å²) in [6.45, 7) is 0. The van der Waals surface area contributed by atoms with Gasteiger partial charge in [0, 0.05) is 4.43 Å². The van der Waals surface area contributed by atoms with Crippen LogP contribution < -0.4 is 0 Å². The van der Waals surface area contributed by atoms with E-state index in [1.807, 2.05) is 0 Å². The Bertz CT molecular complexity index is 110. The largest absolute Gasteiger partial charge is 0.198 e. The molecule has 38 valence electrons. The van der Waals surface area contributed by atoms with E-state index in [1.54, 1.807) is 0 Å². The van der Waals surface area contributed by atoms with Gasteiger partial charge in [-0.2, -0.15) is 5.26 Å². The van der Waals surface area contributed by atoms with Gasteiger partial charge in [-0.3, -0.25) is 0 Å². The molecular weight excluding hydrogens is 201 g/mol. The van der Waals surface area contributed by atoms with E-state index in [0.717, 1.165) is 17.3 Å². The van der Waals surface area contributed by atoms with Gasteiger partial charge in [-0.15, -0.1) is 0 Å². The maximum atomic E-state index is 8.40. The minimum absolute atomic E-state index is 0.126. The smallest absolute Gasteiger partial charge is 0.0697 e. The molecule has 1 aliphatic rings. The monoisotopic (exact) mass is 207 g/mol. The lowest BCUT2D eigenvalue weighted by molar-refractivity contribution is 0.797. The summed E-state index contributed by atoms with van der Waals surface area (Å²) in [6, 6.07) is 2.29. The first-order chi connectivity index (χ1) is 3.33. The van der Waals surface area contributed by atoms with E-state index in [4.69, 9.17) is 5.26 Å². The number of nitriles is 1. The fourth-order valence-electron chi connectivity index (χ4n) is 0.426. The normalized spacial score (nSPS) is 23.4. The van der Waals surface area contributed by atoms with Crippen molar-refractivity contribution in [2.24, 2.45) is 5.41 Å². The zero-order chi connectivity index (χ0) is 5.33. The van der Waals surface area contributed by atoms with E-state index in [0.29, 0.717) is 0 Å². The predicted octanol–water partition coefficient (Wildman–Crippen LogP) is 1.73. The molecule has 7 heavy (non-hydrogen) atoms. The van der Waals surface area contributed by atoms with E-state index < -0.39 is 0 Å². The van der Waals surface area contributed by atoms with E-state index in [2.05, 4.69) is 28.7 Å². The summed E-state index contributed by atoms with van der Waals surface area (Å²) >= 11 is 2.27. The van der Waals surface area contributed by atoms with Crippen LogP contribution in [-0.4, -0.2) is 4.43 Å². The molecule has 0 aromatic rings. The number of hydrogen-bond acceptors (Lipinski definition) is 1. The molecule has 0 unspecified atom stereocenters. The van der Waals surface area contributed by atoms with Crippen molar-refractivity contribution in [3.63, 3.8) is 0 Å². The highest BCUT2D eigenvalue weighted by Gasteiger charge is 2.41. The van der Waals surface area contributed by atoms with Gasteiger partial charge in [-0.05, 0) is 12.8 Å². The number of nitrogens with zero attached hydrogens (tertiary/aromatic N) is 1. The van der Waals surface area contributed by atoms with Crippen molar-refractivity contribution < 1.29 is 0 Å². The van der Waals surface area contributed by atoms with Crippen LogP contribution in [0, 0.1) is 16.7 Å². The quantitative estimate of drug-likeness (QED) is 0.474. The third-order valence-electron chi connectivity index (χ3n) is 1.35. The number of hydrogen-bond donors (Lipinski definition) is 0. The van der Waals surface area contributed by atoms with Crippen LogP contribution in [0.4, 0.5) is 0 Å². The molecule has 0 N–H and O–H groups in total. The van der Waals surface area contributed by atoms with Crippen LogP contribution in [0.2, 0.25) is 0 Å². The van der Waals surface area contributed by atoms with Crippen LogP contribution in [0.15, 0.2) is 0 Å². The van der Waals surface area contributed by atoms with Gasteiger partial charge in [0.1, 0.15) is 0 Å². The lowest BCUT2D eigenvalue weighted by atomic mass is 10.2. The molecule has 1 rings (SSSR count). The summed E-state index contributed by atoms with van der Waals surface area (Å²) in [4.78, 5) is 0. The second kappa shape index (κ2) is 1.62. The average molecular weight is 207 g/mol. The second-order valence-electron chi connectivity index (χ2n) is 2.03. The first-order valence-electron chi connectivity index (χ1n) is 2.30. The highest BCUT2D eigenvalue weighted by Crippen LogP contribution is 2.46. The molecule has 0 aliphatic heterocycles. The molecule has 0 atom stereocenters. The molecule has 1 saturated carbocycles. The van der Waals surface area contributed by atoms with Gasteiger partial charge in [0.25, 0.3) is 0 Å². The van der Waals surface area contributed by atoms with E-state index in [9.17, 15) is 0 Å². The minimum atomic E-state index is 0.126. The Kier molecular flexibility index (Phi) is 1.24. The summed E-state index contributed by atoms with van der Waals surface area (Å²) < 4.78 is 1.02. The SMILES string of the molecule is N#CC1(CI)CC1. The van der Waals surface area contributed by atoms with Crippen molar-refractivity contribution in [1.29, 1.82) is 5.26 Å². The van der Waals surface area contributed by atoms with Crippen molar-refractivity contribution in [2.75, 3.05) is 4.43 Å². The van der Waals surface area contributed by atoms with Gasteiger partial charge < -0.3 is 0 Å².